The van der Waals surface area contributed by atoms with Gasteiger partial charge in [-0.05, 0) is 37.5 Å². The van der Waals surface area contributed by atoms with Gasteiger partial charge in [0.15, 0.2) is 11.5 Å². The summed E-state index contributed by atoms with van der Waals surface area (Å²) in [5.41, 5.74) is 0.693. The summed E-state index contributed by atoms with van der Waals surface area (Å²) in [4.78, 5) is 11.6. The van der Waals surface area contributed by atoms with Crippen molar-refractivity contribution in [2.45, 2.75) is 44.7 Å². The third-order valence-electron chi connectivity index (χ3n) is 3.83. The number of carbonyl (C=O) groups is 1. The lowest BCUT2D eigenvalue weighted by atomic mass is 10.0. The quantitative estimate of drug-likeness (QED) is 0.809. The normalized spacial score (nSPS) is 16.7. The second-order valence-electron chi connectivity index (χ2n) is 5.26. The first-order valence-electron chi connectivity index (χ1n) is 7.45. The van der Waals surface area contributed by atoms with E-state index in [1.807, 2.05) is 6.92 Å². The molecule has 5 nitrogen and oxygen atoms in total. The lowest BCUT2D eigenvalue weighted by molar-refractivity contribution is -0.139. The Morgan fingerprint density at radius 3 is 2.67 bits per heavy atom. The van der Waals surface area contributed by atoms with E-state index in [1.54, 1.807) is 25.3 Å². The fraction of sp³-hybridized carbons (Fsp3) is 0.562. The Bertz CT molecular complexity index is 483. The monoisotopic (exact) mass is 293 g/mol. The molecule has 0 amide bonds. The molecule has 1 aromatic carbocycles. The Labute approximate surface area is 125 Å². The lowest BCUT2D eigenvalue weighted by Gasteiger charge is -2.21. The molecule has 116 valence electrons. The number of benzene rings is 1. The number of carboxylic acids is 1. The number of carboxylic acid groups (broad SMARTS) is 1. The van der Waals surface area contributed by atoms with E-state index in [2.05, 4.69) is 5.32 Å². The standard InChI is InChI=1S/C16H23NO4/c1-3-21-14-10-11(8-9-13(14)20-2)15(16(18)19)17-12-6-4-5-7-12/h8-10,12,15,17H,3-7H2,1-2H3,(H,18,19). The summed E-state index contributed by atoms with van der Waals surface area (Å²) in [6.45, 7) is 2.39. The summed E-state index contributed by atoms with van der Waals surface area (Å²) in [5, 5.41) is 12.7. The van der Waals surface area contributed by atoms with Crippen molar-refractivity contribution in [2.24, 2.45) is 0 Å². The molecule has 0 radical (unpaired) electrons. The molecule has 1 saturated carbocycles. The van der Waals surface area contributed by atoms with E-state index in [4.69, 9.17) is 9.47 Å². The van der Waals surface area contributed by atoms with E-state index in [1.165, 1.54) is 0 Å². The highest BCUT2D eigenvalue weighted by Gasteiger charge is 2.26. The Kier molecular flexibility index (Phi) is 5.44. The first kappa shape index (κ1) is 15.6. The topological polar surface area (TPSA) is 67.8 Å². The van der Waals surface area contributed by atoms with Crippen LogP contribution in [-0.2, 0) is 4.79 Å². The number of hydrogen-bond donors (Lipinski definition) is 2. The summed E-state index contributed by atoms with van der Waals surface area (Å²) in [7, 11) is 1.57. The first-order valence-corrected chi connectivity index (χ1v) is 7.45. The first-order chi connectivity index (χ1) is 10.2. The maximum Gasteiger partial charge on any atom is 0.325 e. The second-order valence-corrected chi connectivity index (χ2v) is 5.26. The molecule has 0 aromatic heterocycles. The van der Waals surface area contributed by atoms with E-state index in [9.17, 15) is 9.90 Å². The van der Waals surface area contributed by atoms with Crippen LogP contribution in [-0.4, -0.2) is 30.8 Å². The van der Waals surface area contributed by atoms with E-state index in [0.717, 1.165) is 25.7 Å². The molecule has 2 N–H and O–H groups in total. The van der Waals surface area contributed by atoms with Crippen molar-refractivity contribution < 1.29 is 19.4 Å². The molecule has 2 rings (SSSR count). The van der Waals surface area contributed by atoms with Crippen LogP contribution < -0.4 is 14.8 Å². The maximum absolute atomic E-state index is 11.6. The van der Waals surface area contributed by atoms with Crippen LogP contribution in [0.3, 0.4) is 0 Å². The summed E-state index contributed by atoms with van der Waals surface area (Å²) in [5.74, 6) is 0.331. The number of hydrogen-bond acceptors (Lipinski definition) is 4. The van der Waals surface area contributed by atoms with Crippen molar-refractivity contribution in [2.75, 3.05) is 13.7 Å². The highest BCUT2D eigenvalue weighted by atomic mass is 16.5. The van der Waals surface area contributed by atoms with Gasteiger partial charge in [0.1, 0.15) is 6.04 Å². The van der Waals surface area contributed by atoms with Gasteiger partial charge in [-0.15, -0.1) is 0 Å². The summed E-state index contributed by atoms with van der Waals surface area (Å²) < 4.78 is 10.8. The third kappa shape index (κ3) is 3.88. The molecule has 0 bridgehead atoms. The molecule has 0 aliphatic heterocycles. The van der Waals surface area contributed by atoms with Crippen LogP contribution in [0, 0.1) is 0 Å². The largest absolute Gasteiger partial charge is 0.493 e. The predicted molar refractivity (Wildman–Crippen MR) is 79.9 cm³/mol. The number of rotatable bonds is 7. The molecule has 0 heterocycles. The average Bonchev–Trinajstić information content (AvgIpc) is 2.98. The van der Waals surface area contributed by atoms with Gasteiger partial charge in [0, 0.05) is 6.04 Å². The van der Waals surface area contributed by atoms with E-state index >= 15 is 0 Å². The molecular weight excluding hydrogens is 270 g/mol. The highest BCUT2D eigenvalue weighted by Crippen LogP contribution is 2.31. The summed E-state index contributed by atoms with van der Waals surface area (Å²) in [6.07, 6.45) is 4.41. The Morgan fingerprint density at radius 2 is 2.10 bits per heavy atom. The Balaban J connectivity index is 2.22. The van der Waals surface area contributed by atoms with Gasteiger partial charge in [-0.3, -0.25) is 10.1 Å². The van der Waals surface area contributed by atoms with Crippen molar-refractivity contribution in [3.05, 3.63) is 23.8 Å². The summed E-state index contributed by atoms with van der Waals surface area (Å²) in [6, 6.07) is 4.86. The van der Waals surface area contributed by atoms with Gasteiger partial charge in [-0.2, -0.15) is 0 Å². The molecule has 5 heteroatoms. The number of aliphatic carboxylic acids is 1. The van der Waals surface area contributed by atoms with Gasteiger partial charge >= 0.3 is 5.97 Å². The minimum Gasteiger partial charge on any atom is -0.493 e. The van der Waals surface area contributed by atoms with Crippen LogP contribution in [0.15, 0.2) is 18.2 Å². The predicted octanol–water partition coefficient (Wildman–Crippen LogP) is 2.75. The average molecular weight is 293 g/mol. The van der Waals surface area contributed by atoms with Crippen molar-refractivity contribution >= 4 is 5.97 Å². The van der Waals surface area contributed by atoms with Gasteiger partial charge in [0.05, 0.1) is 13.7 Å². The number of methoxy groups -OCH3 is 1. The molecule has 1 aliphatic carbocycles. The molecule has 1 unspecified atom stereocenters. The smallest absolute Gasteiger partial charge is 0.325 e. The Morgan fingerprint density at radius 1 is 1.38 bits per heavy atom. The fourth-order valence-electron chi connectivity index (χ4n) is 2.78. The third-order valence-corrected chi connectivity index (χ3v) is 3.83. The summed E-state index contributed by atoms with van der Waals surface area (Å²) >= 11 is 0. The van der Waals surface area contributed by atoms with Gasteiger partial charge < -0.3 is 14.6 Å². The zero-order valence-electron chi connectivity index (χ0n) is 12.6. The zero-order valence-corrected chi connectivity index (χ0v) is 12.6. The van der Waals surface area contributed by atoms with Crippen LogP contribution in [0.2, 0.25) is 0 Å². The molecule has 1 atom stereocenters. The number of ether oxygens (including phenoxy) is 2. The van der Waals surface area contributed by atoms with Crippen molar-refractivity contribution in [1.82, 2.24) is 5.32 Å². The van der Waals surface area contributed by atoms with E-state index < -0.39 is 12.0 Å². The van der Waals surface area contributed by atoms with Crippen LogP contribution in [0.4, 0.5) is 0 Å². The molecule has 21 heavy (non-hydrogen) atoms. The van der Waals surface area contributed by atoms with Gasteiger partial charge in [0.2, 0.25) is 0 Å². The van der Waals surface area contributed by atoms with Crippen molar-refractivity contribution in [3.8, 4) is 11.5 Å². The van der Waals surface area contributed by atoms with Crippen LogP contribution >= 0.6 is 0 Å². The minimum atomic E-state index is -0.866. The SMILES string of the molecule is CCOc1cc(C(NC2CCCC2)C(=O)O)ccc1OC. The minimum absolute atomic E-state index is 0.281. The van der Waals surface area contributed by atoms with Gasteiger partial charge in [-0.25, -0.2) is 0 Å². The van der Waals surface area contributed by atoms with Crippen LogP contribution in [0.1, 0.15) is 44.2 Å². The fourth-order valence-corrected chi connectivity index (χ4v) is 2.78. The zero-order chi connectivity index (χ0) is 15.2. The lowest BCUT2D eigenvalue weighted by Crippen LogP contribution is -2.35. The van der Waals surface area contributed by atoms with Crippen molar-refractivity contribution in [3.63, 3.8) is 0 Å². The number of nitrogens with one attached hydrogen (secondary N) is 1. The Hall–Kier alpha value is -1.75. The molecule has 0 saturated heterocycles. The molecule has 0 spiro atoms. The molecule has 1 aliphatic rings. The molecular formula is C16H23NO4. The van der Waals surface area contributed by atoms with Crippen LogP contribution in [0.5, 0.6) is 11.5 Å². The maximum atomic E-state index is 11.6. The van der Waals surface area contributed by atoms with Crippen molar-refractivity contribution in [1.29, 1.82) is 0 Å². The molecule has 1 aromatic rings. The van der Waals surface area contributed by atoms with E-state index in [-0.39, 0.29) is 6.04 Å². The van der Waals surface area contributed by atoms with Gasteiger partial charge in [0.25, 0.3) is 0 Å². The van der Waals surface area contributed by atoms with Gasteiger partial charge in [-0.1, -0.05) is 18.9 Å². The highest BCUT2D eigenvalue weighted by molar-refractivity contribution is 5.76. The van der Waals surface area contributed by atoms with Crippen LogP contribution in [0.25, 0.3) is 0 Å². The molecule has 1 fully saturated rings. The van der Waals surface area contributed by atoms with E-state index in [0.29, 0.717) is 23.7 Å². The second kappa shape index (κ2) is 7.31.